The average Bonchev–Trinajstić information content (AvgIpc) is 2.34. The van der Waals surface area contributed by atoms with E-state index in [1.54, 1.807) is 36.2 Å². The third-order valence-electron chi connectivity index (χ3n) is 2.60. The maximum absolute atomic E-state index is 12.0. The van der Waals surface area contributed by atoms with Crippen LogP contribution in [-0.4, -0.2) is 36.1 Å². The first-order valence-electron chi connectivity index (χ1n) is 5.77. The Labute approximate surface area is 107 Å². The Kier molecular flexibility index (Phi) is 6.01. The van der Waals surface area contributed by atoms with Crippen molar-refractivity contribution >= 4 is 17.5 Å². The Morgan fingerprint density at radius 2 is 2.00 bits per heavy atom. The molecule has 3 nitrogen and oxygen atoms in total. The van der Waals surface area contributed by atoms with Crippen LogP contribution in [-0.2, 0) is 0 Å². The topological polar surface area (TPSA) is 40.5 Å². The summed E-state index contributed by atoms with van der Waals surface area (Å²) in [5.41, 5.74) is 0.541. The van der Waals surface area contributed by atoms with Gasteiger partial charge >= 0.3 is 0 Å². The van der Waals surface area contributed by atoms with Gasteiger partial charge in [0.2, 0.25) is 0 Å². The molecule has 0 heterocycles. The molecular weight excluding hydrogens is 238 g/mol. The van der Waals surface area contributed by atoms with Crippen molar-refractivity contribution in [1.82, 2.24) is 4.90 Å². The molecule has 1 aromatic rings. The van der Waals surface area contributed by atoms with E-state index in [2.05, 4.69) is 0 Å². The molecule has 1 N–H and O–H groups in total. The van der Waals surface area contributed by atoms with Crippen molar-refractivity contribution in [3.63, 3.8) is 0 Å². The molecule has 0 spiro atoms. The highest BCUT2D eigenvalue weighted by Crippen LogP contribution is 2.16. The minimum atomic E-state index is -0.0559. The molecule has 0 radical (unpaired) electrons. The highest BCUT2D eigenvalue weighted by Gasteiger charge is 2.13. The molecule has 0 bridgehead atoms. The zero-order chi connectivity index (χ0) is 12.7. The second kappa shape index (κ2) is 7.30. The highest BCUT2D eigenvalue weighted by atomic mass is 35.5. The van der Waals surface area contributed by atoms with Crippen LogP contribution in [0.4, 0.5) is 0 Å². The summed E-state index contributed by atoms with van der Waals surface area (Å²) < 4.78 is 0. The monoisotopic (exact) mass is 255 g/mol. The zero-order valence-electron chi connectivity index (χ0n) is 10.0. The van der Waals surface area contributed by atoms with Crippen LogP contribution >= 0.6 is 11.6 Å². The predicted molar refractivity (Wildman–Crippen MR) is 69.3 cm³/mol. The Morgan fingerprint density at radius 1 is 1.29 bits per heavy atom. The van der Waals surface area contributed by atoms with Gasteiger partial charge in [0.1, 0.15) is 0 Å². The van der Waals surface area contributed by atoms with Crippen LogP contribution in [0.25, 0.3) is 0 Å². The van der Waals surface area contributed by atoms with Crippen molar-refractivity contribution in [2.75, 3.05) is 20.2 Å². The number of benzene rings is 1. The van der Waals surface area contributed by atoms with Crippen LogP contribution in [0.5, 0.6) is 0 Å². The van der Waals surface area contributed by atoms with Gasteiger partial charge < -0.3 is 10.0 Å². The van der Waals surface area contributed by atoms with Crippen molar-refractivity contribution in [1.29, 1.82) is 0 Å². The van der Waals surface area contributed by atoms with Crippen molar-refractivity contribution in [3.05, 3.63) is 34.9 Å². The first-order valence-corrected chi connectivity index (χ1v) is 6.15. The van der Waals surface area contributed by atoms with Crippen LogP contribution in [0.3, 0.4) is 0 Å². The third-order valence-corrected chi connectivity index (χ3v) is 2.93. The standard InChI is InChI=1S/C13H18ClNO2/c1-15(9-5-2-6-10-16)13(17)11-7-3-4-8-12(11)14/h3-4,7-8,16H,2,5-6,9-10H2,1H3. The maximum atomic E-state index is 12.0. The Balaban J connectivity index is 2.49. The van der Waals surface area contributed by atoms with E-state index >= 15 is 0 Å². The van der Waals surface area contributed by atoms with Crippen LogP contribution < -0.4 is 0 Å². The second-order valence-corrected chi connectivity index (χ2v) is 4.40. The molecule has 0 aliphatic carbocycles. The van der Waals surface area contributed by atoms with Crippen molar-refractivity contribution < 1.29 is 9.90 Å². The molecule has 0 saturated heterocycles. The summed E-state index contributed by atoms with van der Waals surface area (Å²) in [6, 6.07) is 7.06. The molecule has 0 aromatic heterocycles. The predicted octanol–water partition coefficient (Wildman–Crippen LogP) is 2.57. The number of aliphatic hydroxyl groups is 1. The van der Waals surface area contributed by atoms with Crippen LogP contribution in [0.1, 0.15) is 29.6 Å². The summed E-state index contributed by atoms with van der Waals surface area (Å²) in [5.74, 6) is -0.0559. The minimum Gasteiger partial charge on any atom is -0.396 e. The number of hydrogen-bond donors (Lipinski definition) is 1. The first-order chi connectivity index (χ1) is 8.16. The number of nitrogens with zero attached hydrogens (tertiary/aromatic N) is 1. The molecule has 0 aliphatic heterocycles. The van der Waals surface area contributed by atoms with E-state index < -0.39 is 0 Å². The number of hydrogen-bond acceptors (Lipinski definition) is 2. The highest BCUT2D eigenvalue weighted by molar-refractivity contribution is 6.33. The van der Waals surface area contributed by atoms with Gasteiger partial charge in [-0.1, -0.05) is 23.7 Å². The number of amides is 1. The Morgan fingerprint density at radius 3 is 2.65 bits per heavy atom. The van der Waals surface area contributed by atoms with E-state index in [1.165, 1.54) is 0 Å². The maximum Gasteiger partial charge on any atom is 0.255 e. The Bertz CT molecular complexity index is 368. The van der Waals surface area contributed by atoms with Gasteiger partial charge in [-0.25, -0.2) is 0 Å². The SMILES string of the molecule is CN(CCCCCO)C(=O)c1ccccc1Cl. The quantitative estimate of drug-likeness (QED) is 0.794. The molecule has 1 aromatic carbocycles. The molecule has 0 aliphatic rings. The molecule has 1 amide bonds. The number of halogens is 1. The summed E-state index contributed by atoms with van der Waals surface area (Å²) >= 11 is 5.97. The van der Waals surface area contributed by atoms with Gasteiger partial charge in [-0.2, -0.15) is 0 Å². The summed E-state index contributed by atoms with van der Waals surface area (Å²) in [6.07, 6.45) is 2.61. The van der Waals surface area contributed by atoms with E-state index in [0.717, 1.165) is 19.3 Å². The molecule has 0 unspecified atom stereocenters. The van der Waals surface area contributed by atoms with E-state index in [0.29, 0.717) is 17.1 Å². The fourth-order valence-electron chi connectivity index (χ4n) is 1.58. The van der Waals surface area contributed by atoms with E-state index in [4.69, 9.17) is 16.7 Å². The molecule has 1 rings (SSSR count). The molecule has 0 atom stereocenters. The van der Waals surface area contributed by atoms with Crippen molar-refractivity contribution in [2.24, 2.45) is 0 Å². The summed E-state index contributed by atoms with van der Waals surface area (Å²) in [6.45, 7) is 0.895. The molecule has 94 valence electrons. The van der Waals surface area contributed by atoms with Gasteiger partial charge in [0.15, 0.2) is 0 Å². The van der Waals surface area contributed by atoms with Gasteiger partial charge in [0.25, 0.3) is 5.91 Å². The van der Waals surface area contributed by atoms with E-state index in [1.807, 2.05) is 0 Å². The minimum absolute atomic E-state index is 0.0559. The number of carbonyl (C=O) groups is 1. The summed E-state index contributed by atoms with van der Waals surface area (Å²) in [5, 5.41) is 9.14. The van der Waals surface area contributed by atoms with Gasteiger partial charge in [0, 0.05) is 20.2 Å². The van der Waals surface area contributed by atoms with Gasteiger partial charge in [-0.15, -0.1) is 0 Å². The smallest absolute Gasteiger partial charge is 0.255 e. The second-order valence-electron chi connectivity index (χ2n) is 3.99. The molecule has 17 heavy (non-hydrogen) atoms. The van der Waals surface area contributed by atoms with Crippen molar-refractivity contribution in [3.8, 4) is 0 Å². The lowest BCUT2D eigenvalue weighted by Crippen LogP contribution is -2.28. The van der Waals surface area contributed by atoms with Crippen LogP contribution in [0, 0.1) is 0 Å². The molecule has 0 saturated carbocycles. The van der Waals surface area contributed by atoms with Crippen molar-refractivity contribution in [2.45, 2.75) is 19.3 Å². The third kappa shape index (κ3) is 4.36. The number of unbranched alkanes of at least 4 members (excludes halogenated alkanes) is 2. The van der Waals surface area contributed by atoms with Gasteiger partial charge in [-0.05, 0) is 31.4 Å². The fraction of sp³-hybridized carbons (Fsp3) is 0.462. The molecular formula is C13H18ClNO2. The number of carbonyl (C=O) groups excluding carboxylic acids is 1. The first kappa shape index (κ1) is 14.0. The van der Waals surface area contributed by atoms with Crippen LogP contribution in [0.15, 0.2) is 24.3 Å². The van der Waals surface area contributed by atoms with E-state index in [-0.39, 0.29) is 12.5 Å². The Hall–Kier alpha value is -1.06. The van der Waals surface area contributed by atoms with E-state index in [9.17, 15) is 4.79 Å². The summed E-state index contributed by atoms with van der Waals surface area (Å²) in [7, 11) is 1.77. The van der Waals surface area contributed by atoms with Crippen LogP contribution in [0.2, 0.25) is 5.02 Å². The fourth-order valence-corrected chi connectivity index (χ4v) is 1.80. The number of aliphatic hydroxyl groups excluding tert-OH is 1. The normalized spacial score (nSPS) is 10.3. The zero-order valence-corrected chi connectivity index (χ0v) is 10.8. The molecule has 4 heteroatoms. The van der Waals surface area contributed by atoms with Gasteiger partial charge in [0.05, 0.1) is 10.6 Å². The largest absolute Gasteiger partial charge is 0.396 e. The lowest BCUT2D eigenvalue weighted by molar-refractivity contribution is 0.0792. The number of rotatable bonds is 6. The lowest BCUT2D eigenvalue weighted by Gasteiger charge is -2.17. The lowest BCUT2D eigenvalue weighted by atomic mass is 10.2. The summed E-state index contributed by atoms with van der Waals surface area (Å²) in [4.78, 5) is 13.7. The van der Waals surface area contributed by atoms with Gasteiger partial charge in [-0.3, -0.25) is 4.79 Å². The average molecular weight is 256 g/mol. The molecule has 0 fully saturated rings.